The van der Waals surface area contributed by atoms with Crippen LogP contribution in [-0.2, 0) is 102 Å². The molecule has 21 nitrogen and oxygen atoms in total. The molecule has 6 rings (SSSR count). The summed E-state index contributed by atoms with van der Waals surface area (Å²) >= 11 is 5.11. The van der Waals surface area contributed by atoms with E-state index in [1.165, 1.54) is 18.1 Å². The quantitative estimate of drug-likeness (QED) is 0.0155. The standard InChI is InChI=1S/C12H13O2.C12H10.C11H11O2.C9H12FO2.C6H6F3O2.C6H6NO2.C6H6.C5H6ClO2.C5H6FO2.C5H6O2.2C4H5FO2.2CH3.11Rf/c1-3-14-12(13)10(2)9-11-7-5-4-6-8-11;1-3-7-11(8-4-1)12-9-5-2-6-10-12;1-3-13-11(12)9(2)10-7-5-4-6-8-10;1-7(10)9(11)12-8-5-3-2-4-6-8;1-3-11-5(10)4(2)6(7,8)9;1-3-9-6(8)5(2)4-7;1-2-4-6-5-3-1;2*1-3-8-5(7)4(2)6;1-3-5(6)7-4-2;2*1-3(5)4(6)7-2;;;;;;;;;;;;;/h4-8H,1-3,9H2;1-10H;4-8H,1-3H2;2,8H,1,3-6H2;1-3H2;1-3H2;1-6H;1-3H2;3H,2H2,1H3;1-2,4H2;2*1H2,2H3;2*1H3;;;;;;;;;;;/q-1;;4*-1;;2*-1;-2;;;2*-1;;;;;;;;;;;. The maximum absolute atomic E-state index is 12.2. The summed E-state index contributed by atoms with van der Waals surface area (Å²) in [6.45, 7) is 52.5. The van der Waals surface area contributed by atoms with E-state index in [4.69, 9.17) is 31.1 Å². The molecule has 660 valence electrons. The maximum Gasteiger partial charge on any atom is 0.422 e. The molecule has 0 unspecified atom stereocenters. The smallest absolute Gasteiger partial charge is 0.422 e. The second-order valence-corrected chi connectivity index (χ2v) is 20.1. The summed E-state index contributed by atoms with van der Waals surface area (Å²) in [5.74, 6) is -12.3. The number of rotatable bonds is 22. The van der Waals surface area contributed by atoms with Crippen LogP contribution < -0.4 is 0 Å². The van der Waals surface area contributed by atoms with Crippen molar-refractivity contribution in [3.8, 4) is 17.2 Å². The summed E-state index contributed by atoms with van der Waals surface area (Å²) in [4.78, 5) is 104. The predicted molar refractivity (Wildman–Crippen MR) is 431 cm³/mol. The molecule has 0 radical (unpaired) electrons. The summed E-state index contributed by atoms with van der Waals surface area (Å²) in [7, 11) is 2.18. The largest absolute Gasteiger partial charge is 0.632 e. The summed E-state index contributed by atoms with van der Waals surface area (Å²) in [6, 6.07) is 53.2. The number of methoxy groups -OCH3 is 2. The Morgan fingerprint density at radius 3 is 1.02 bits per heavy atom. The second kappa shape index (κ2) is 94.9. The number of alkyl halides is 3. The molecule has 1 fully saturated rings. The normalized spacial score (nSPS) is 8.85. The first-order valence-electron chi connectivity index (χ1n) is 32.4. The molecule has 0 N–H and O–H groups in total. The van der Waals surface area contributed by atoms with Gasteiger partial charge in [0, 0.05) is 12.0 Å². The number of halogens is 8. The summed E-state index contributed by atoms with van der Waals surface area (Å²) in [5, 5.41) is 7.94. The molecule has 0 bridgehead atoms. The van der Waals surface area contributed by atoms with E-state index in [9.17, 15) is 78.7 Å². The molecule has 0 aliphatic heterocycles. The van der Waals surface area contributed by atoms with Gasteiger partial charge in [0.1, 0.15) is 28.2 Å². The number of ether oxygens (including phenoxy) is 10. The zero-order valence-electron chi connectivity index (χ0n) is 73.2. The van der Waals surface area contributed by atoms with Gasteiger partial charge < -0.3 is 116 Å². The van der Waals surface area contributed by atoms with Gasteiger partial charge in [0.2, 0.25) is 17.5 Å². The van der Waals surface area contributed by atoms with E-state index in [1.807, 2.05) is 115 Å². The molecule has 40 heteroatoms. The molecule has 0 saturated heterocycles. The van der Waals surface area contributed by atoms with Crippen molar-refractivity contribution in [3.63, 3.8) is 0 Å². The SMILES string of the molecule is C=C(C#N)C(=O)OC[CH2-].C=C(C(=O)OC[CH2-])C(F)(F)F.C=C(C(=O)OC[CH2-])c1ccccc1.C=C(Cc1ccccc1)C(=O)OC[CH2-].C=C(Cl)C(=O)OC[CH2-].C=C(F)C(=O)OC.C=C(F)C(=O)OC.C=C(F)C(=O)OC1CC[CH-]CC1.C=C(F)C(=O)O[CH-]C.C=[C-]C(=O)OC[CH2-].[CH3-].[CH3-].[Rf].[Rf].[Rf].[Rf].[Rf].[Rf].[Rf].[Rf].[Rf].[Rf].[Rf].c1ccc(-c2ccccc2)cc1.c1ccccc1. The molecule has 0 aromatic heterocycles. The van der Waals surface area contributed by atoms with Crippen molar-refractivity contribution in [2.75, 3.05) is 53.9 Å². The minimum Gasteiger partial charge on any atom is -0.632 e. The van der Waals surface area contributed by atoms with E-state index in [-0.39, 0.29) is 77.2 Å². The topological polar surface area (TPSA) is 287 Å². The fourth-order valence-electron chi connectivity index (χ4n) is 6.15. The van der Waals surface area contributed by atoms with Crippen molar-refractivity contribution in [2.24, 2.45) is 0 Å². The second-order valence-electron chi connectivity index (χ2n) is 19.7. The summed E-state index contributed by atoms with van der Waals surface area (Å²) in [5.41, 5.74) is 3.50. The Morgan fingerprint density at radius 1 is 0.457 bits per heavy atom. The zero-order valence-corrected chi connectivity index (χ0v) is 144. The number of carbonyl (C=O) groups is 10. The number of benzene rings is 5. The minimum absolute atomic E-state index is 0. The van der Waals surface area contributed by atoms with E-state index >= 15 is 0 Å². The Hall–Kier alpha value is -23.5. The average Bonchev–Trinajstić information content (AvgIpc) is 0.900. The van der Waals surface area contributed by atoms with E-state index in [0.717, 1.165) is 57.6 Å². The van der Waals surface area contributed by atoms with E-state index < -0.39 is 88.8 Å². The van der Waals surface area contributed by atoms with Crippen LogP contribution in [-0.4, -0.2) is 126 Å². The number of esters is 10. The van der Waals surface area contributed by atoms with Gasteiger partial charge in [-0.2, -0.15) is 62.4 Å². The third-order valence-corrected chi connectivity index (χ3v) is 11.5. The Balaban J connectivity index is -0.0000000589. The number of hydrogen-bond acceptors (Lipinski definition) is 21. The molecule has 0 amide bonds. The Kier molecular flexibility index (Phi) is 114. The van der Waals surface area contributed by atoms with Gasteiger partial charge in [-0.15, -0.1) is 0 Å². The van der Waals surface area contributed by atoms with Gasteiger partial charge in [0.15, 0.2) is 5.83 Å². The van der Waals surface area contributed by atoms with E-state index in [1.54, 1.807) is 6.07 Å². The van der Waals surface area contributed by atoms with Crippen molar-refractivity contribution < 1.29 is 126 Å². The average molecular weight is 4580 g/mol. The van der Waals surface area contributed by atoms with Crippen molar-refractivity contribution in [1.82, 2.24) is 0 Å². The summed E-state index contributed by atoms with van der Waals surface area (Å²) in [6.07, 6.45) is 3.35. The van der Waals surface area contributed by atoms with Crippen molar-refractivity contribution in [1.29, 1.82) is 5.26 Å². The predicted octanol–water partition coefficient (Wildman–Crippen LogP) is 18.2. The molecule has 1 saturated carbocycles. The molecule has 127 heavy (non-hydrogen) atoms. The molecular weight excluding hydrogens is 4480 g/mol. The fraction of sp³-hybridized carbons (Fsp3) is 0.184. The van der Waals surface area contributed by atoms with Gasteiger partial charge in [-0.25, -0.2) is 43.2 Å². The molecule has 5 aromatic rings. The van der Waals surface area contributed by atoms with Gasteiger partial charge in [-0.1, -0.05) is 229 Å². The monoisotopic (exact) mass is 4580 g/mol. The number of nitriles is 1. The first-order valence-corrected chi connectivity index (χ1v) is 32.8. The van der Waals surface area contributed by atoms with Gasteiger partial charge in [-0.3, -0.25) is 11.4 Å². The van der Waals surface area contributed by atoms with Crippen molar-refractivity contribution in [3.05, 3.63) is 355 Å². The minimum atomic E-state index is -4.72. The Labute approximate surface area is 682 Å². The van der Waals surface area contributed by atoms with Crippen molar-refractivity contribution >= 4 is 76.9 Å². The molecule has 1 aliphatic carbocycles. The van der Waals surface area contributed by atoms with Crippen LogP contribution >= 0.6 is 11.6 Å². The molecule has 5 aromatic carbocycles. The van der Waals surface area contributed by atoms with E-state index in [2.05, 4.69) is 195 Å². The molecule has 0 heterocycles. The Bertz CT molecular complexity index is 3720. The van der Waals surface area contributed by atoms with Crippen LogP contribution in [0.1, 0.15) is 43.7 Å². The third kappa shape index (κ3) is 86.3. The van der Waals surface area contributed by atoms with Crippen LogP contribution in [0, 0.1) is 86.8 Å². The van der Waals surface area contributed by atoms with Crippen LogP contribution in [0.25, 0.3) is 16.7 Å². The van der Waals surface area contributed by atoms with Crippen LogP contribution in [0.4, 0.5) is 30.7 Å². The molecule has 0 atom stereocenters. The van der Waals surface area contributed by atoms with E-state index in [0.29, 0.717) is 17.6 Å². The first kappa shape index (κ1) is 152. The van der Waals surface area contributed by atoms with Gasteiger partial charge in [0.05, 0.1) is 25.9 Å². The molecule has 0 spiro atoms. The van der Waals surface area contributed by atoms with Gasteiger partial charge in [0.25, 0.3) is 0 Å². The van der Waals surface area contributed by atoms with Crippen LogP contribution in [0.5, 0.6) is 0 Å². The Morgan fingerprint density at radius 2 is 0.756 bits per heavy atom. The van der Waals surface area contributed by atoms with Crippen LogP contribution in [0.3, 0.4) is 0 Å². The molecular formula is C87H98ClF7NO20Rf11-11. The van der Waals surface area contributed by atoms with Crippen LogP contribution in [0.2, 0.25) is 0 Å². The zero-order chi connectivity index (χ0) is 88.4. The first-order chi connectivity index (χ1) is 53.8. The third-order valence-electron chi connectivity index (χ3n) is 11.3. The van der Waals surface area contributed by atoms with Crippen molar-refractivity contribution in [2.45, 2.75) is 51.3 Å². The molecule has 1 aliphatic rings. The number of nitrogens with zero attached hydrogens (tertiary/aromatic N) is 1. The maximum atomic E-state index is 12.2. The number of carbonyl (C=O) groups excluding carboxylic acids is 10. The summed E-state index contributed by atoms with van der Waals surface area (Å²) < 4.78 is 124. The van der Waals surface area contributed by atoms with Crippen LogP contribution in [0.15, 0.2) is 269 Å². The van der Waals surface area contributed by atoms with Gasteiger partial charge >= 0.3 is 59.9 Å². The fourth-order valence-corrected chi connectivity index (χ4v) is 6.20. The number of hydrogen-bond donors (Lipinski definition) is 0. The van der Waals surface area contributed by atoms with Gasteiger partial charge in [-0.05, 0) is 74.7 Å².